The molecule has 0 N–H and O–H groups in total. The second kappa shape index (κ2) is 7.23. The minimum Gasteiger partial charge on any atom is -0.297 e. The van der Waals surface area contributed by atoms with Crippen LogP contribution < -0.4 is 0 Å². The van der Waals surface area contributed by atoms with Crippen molar-refractivity contribution in [1.82, 2.24) is 9.21 Å². The molecule has 0 aliphatic carbocycles. The van der Waals surface area contributed by atoms with Gasteiger partial charge in [-0.2, -0.15) is 4.31 Å². The molecule has 6 heteroatoms. The lowest BCUT2D eigenvalue weighted by molar-refractivity contribution is 0.145. The molecule has 0 bridgehead atoms. The zero-order chi connectivity index (χ0) is 18.0. The molecule has 3 rings (SSSR count). The maximum absolute atomic E-state index is 14.2. The van der Waals surface area contributed by atoms with Gasteiger partial charge in [-0.3, -0.25) is 4.90 Å². The van der Waals surface area contributed by atoms with Gasteiger partial charge in [-0.1, -0.05) is 48.0 Å². The number of nitrogens with zero attached hydrogens (tertiary/aromatic N) is 2. The fraction of sp³-hybridized carbons (Fsp3) is 0.368. The number of hydrogen-bond acceptors (Lipinski definition) is 3. The lowest BCUT2D eigenvalue weighted by atomic mass is 10.0. The summed E-state index contributed by atoms with van der Waals surface area (Å²) in [6.07, 6.45) is 0. The fourth-order valence-corrected chi connectivity index (χ4v) is 4.80. The van der Waals surface area contributed by atoms with Crippen molar-refractivity contribution in [2.24, 2.45) is 0 Å². The third kappa shape index (κ3) is 4.08. The van der Waals surface area contributed by atoms with Crippen molar-refractivity contribution in [1.29, 1.82) is 0 Å². The Bertz CT molecular complexity index is 854. The maximum atomic E-state index is 14.2. The van der Waals surface area contributed by atoms with Gasteiger partial charge in [0.05, 0.1) is 11.8 Å². The molecule has 1 saturated heterocycles. The topological polar surface area (TPSA) is 40.6 Å². The van der Waals surface area contributed by atoms with Crippen molar-refractivity contribution in [2.45, 2.75) is 18.7 Å². The first-order valence-electron chi connectivity index (χ1n) is 8.35. The number of sulfonamides is 1. The van der Waals surface area contributed by atoms with Gasteiger partial charge in [-0.05, 0) is 25.6 Å². The van der Waals surface area contributed by atoms with Crippen LogP contribution in [0.15, 0.2) is 48.5 Å². The first-order valence-corrected chi connectivity index (χ1v) is 9.96. The maximum Gasteiger partial charge on any atom is 0.218 e. The Morgan fingerprint density at radius 3 is 2.60 bits per heavy atom. The van der Waals surface area contributed by atoms with Crippen LogP contribution in [0.5, 0.6) is 0 Å². The molecule has 4 nitrogen and oxygen atoms in total. The highest BCUT2D eigenvalue weighted by Crippen LogP contribution is 2.28. The van der Waals surface area contributed by atoms with Crippen molar-refractivity contribution in [3.8, 4) is 0 Å². The van der Waals surface area contributed by atoms with Crippen molar-refractivity contribution in [3.05, 3.63) is 71.0 Å². The van der Waals surface area contributed by atoms with E-state index in [4.69, 9.17) is 0 Å². The van der Waals surface area contributed by atoms with Gasteiger partial charge in [0, 0.05) is 25.2 Å². The minimum absolute atomic E-state index is 0.0254. The Labute approximate surface area is 148 Å². The van der Waals surface area contributed by atoms with Crippen molar-refractivity contribution < 1.29 is 12.8 Å². The zero-order valence-corrected chi connectivity index (χ0v) is 15.3. The molecule has 1 aliphatic heterocycles. The number of likely N-dealkylation sites (N-methyl/N-ethyl adjacent to an activating group) is 1. The zero-order valence-electron chi connectivity index (χ0n) is 14.5. The van der Waals surface area contributed by atoms with E-state index in [9.17, 15) is 12.8 Å². The lowest BCUT2D eigenvalue weighted by Crippen LogP contribution is -2.49. The van der Waals surface area contributed by atoms with Crippen molar-refractivity contribution in [3.63, 3.8) is 0 Å². The quantitative estimate of drug-likeness (QED) is 0.840. The van der Waals surface area contributed by atoms with E-state index in [-0.39, 0.29) is 24.2 Å². The summed E-state index contributed by atoms with van der Waals surface area (Å²) in [6, 6.07) is 13.8. The Morgan fingerprint density at radius 1 is 1.12 bits per heavy atom. The van der Waals surface area contributed by atoms with E-state index in [1.807, 2.05) is 43.1 Å². The SMILES string of the molecule is Cc1cccc(CS(=O)(=O)N2CCN(C)C(c3ccccc3F)C2)c1. The first-order chi connectivity index (χ1) is 11.9. The molecule has 1 atom stereocenters. The van der Waals surface area contributed by atoms with Crippen LogP contribution >= 0.6 is 0 Å². The van der Waals surface area contributed by atoms with Crippen molar-refractivity contribution >= 4 is 10.0 Å². The van der Waals surface area contributed by atoms with Gasteiger partial charge in [-0.25, -0.2) is 12.8 Å². The summed E-state index contributed by atoms with van der Waals surface area (Å²) in [5.74, 6) is -0.320. The Balaban J connectivity index is 1.81. The standard InChI is InChI=1S/C19H23FN2O2S/c1-15-6-5-7-16(12-15)14-25(23,24)22-11-10-21(2)19(13-22)17-8-3-4-9-18(17)20/h3-9,12,19H,10-11,13-14H2,1-2H3. The van der Waals surface area contributed by atoms with E-state index >= 15 is 0 Å². The van der Waals surface area contributed by atoms with Crippen LogP contribution in [0.1, 0.15) is 22.7 Å². The molecule has 0 aromatic heterocycles. The molecule has 1 heterocycles. The molecule has 0 saturated carbocycles. The second-order valence-corrected chi connectivity index (χ2v) is 8.59. The molecule has 0 radical (unpaired) electrons. The number of aryl methyl sites for hydroxylation is 1. The summed E-state index contributed by atoms with van der Waals surface area (Å²) in [5.41, 5.74) is 2.36. The van der Waals surface area contributed by atoms with Crippen LogP contribution in [0.2, 0.25) is 0 Å². The third-order valence-electron chi connectivity index (χ3n) is 4.70. The highest BCUT2D eigenvalue weighted by atomic mass is 32.2. The Kier molecular flexibility index (Phi) is 5.22. The number of benzene rings is 2. The number of rotatable bonds is 4. The van der Waals surface area contributed by atoms with Crippen LogP contribution in [0.25, 0.3) is 0 Å². The minimum atomic E-state index is -3.45. The molecule has 25 heavy (non-hydrogen) atoms. The van der Waals surface area contributed by atoms with Gasteiger partial charge >= 0.3 is 0 Å². The number of hydrogen-bond donors (Lipinski definition) is 0. The summed E-state index contributed by atoms with van der Waals surface area (Å²) in [6.45, 7) is 3.22. The van der Waals surface area contributed by atoms with E-state index in [0.717, 1.165) is 11.1 Å². The summed E-state index contributed by atoms with van der Waals surface area (Å²) < 4.78 is 41.4. The molecule has 2 aromatic rings. The fourth-order valence-electron chi connectivity index (χ4n) is 3.29. The van der Waals surface area contributed by atoms with Gasteiger partial charge in [0.1, 0.15) is 5.82 Å². The normalized spacial score (nSPS) is 19.9. The first kappa shape index (κ1) is 18.0. The number of piperazine rings is 1. The average Bonchev–Trinajstić information content (AvgIpc) is 2.55. The van der Waals surface area contributed by atoms with E-state index in [1.165, 1.54) is 10.4 Å². The van der Waals surface area contributed by atoms with Crippen LogP contribution in [0, 0.1) is 12.7 Å². The largest absolute Gasteiger partial charge is 0.297 e. The summed E-state index contributed by atoms with van der Waals surface area (Å²) in [4.78, 5) is 2.01. The molecule has 0 amide bonds. The van der Waals surface area contributed by atoms with Gasteiger partial charge in [0.2, 0.25) is 10.0 Å². The van der Waals surface area contributed by atoms with E-state index in [1.54, 1.807) is 18.2 Å². The van der Waals surface area contributed by atoms with Gasteiger partial charge in [0.15, 0.2) is 0 Å². The van der Waals surface area contributed by atoms with Gasteiger partial charge in [0.25, 0.3) is 0 Å². The number of halogens is 1. The predicted molar refractivity (Wildman–Crippen MR) is 97.1 cm³/mol. The molecule has 1 unspecified atom stereocenters. The molecule has 1 fully saturated rings. The van der Waals surface area contributed by atoms with E-state index in [0.29, 0.717) is 18.7 Å². The Hall–Kier alpha value is -1.76. The molecule has 0 spiro atoms. The highest BCUT2D eigenvalue weighted by Gasteiger charge is 2.33. The summed E-state index contributed by atoms with van der Waals surface area (Å²) >= 11 is 0. The van der Waals surface area contributed by atoms with E-state index < -0.39 is 10.0 Å². The van der Waals surface area contributed by atoms with Crippen LogP contribution in [-0.4, -0.2) is 44.3 Å². The molecule has 1 aliphatic rings. The van der Waals surface area contributed by atoms with Crippen LogP contribution in [0.4, 0.5) is 4.39 Å². The molecule has 134 valence electrons. The van der Waals surface area contributed by atoms with Crippen LogP contribution in [-0.2, 0) is 15.8 Å². The van der Waals surface area contributed by atoms with E-state index in [2.05, 4.69) is 0 Å². The average molecular weight is 362 g/mol. The highest BCUT2D eigenvalue weighted by molar-refractivity contribution is 7.88. The lowest BCUT2D eigenvalue weighted by Gasteiger charge is -2.39. The summed E-state index contributed by atoms with van der Waals surface area (Å²) in [7, 11) is -1.54. The molecule has 2 aromatic carbocycles. The van der Waals surface area contributed by atoms with Gasteiger partial charge < -0.3 is 0 Å². The monoisotopic (exact) mass is 362 g/mol. The Morgan fingerprint density at radius 2 is 1.88 bits per heavy atom. The molecular formula is C19H23FN2O2S. The summed E-state index contributed by atoms with van der Waals surface area (Å²) in [5, 5.41) is 0. The molecular weight excluding hydrogens is 339 g/mol. The van der Waals surface area contributed by atoms with Crippen LogP contribution in [0.3, 0.4) is 0 Å². The second-order valence-electron chi connectivity index (χ2n) is 6.62. The predicted octanol–water partition coefficient (Wildman–Crippen LogP) is 2.95. The van der Waals surface area contributed by atoms with Crippen molar-refractivity contribution in [2.75, 3.05) is 26.7 Å². The van der Waals surface area contributed by atoms with Gasteiger partial charge in [-0.15, -0.1) is 0 Å². The smallest absolute Gasteiger partial charge is 0.218 e. The third-order valence-corrected chi connectivity index (χ3v) is 6.52.